The van der Waals surface area contributed by atoms with E-state index in [1.54, 1.807) is 0 Å². The number of ether oxygens (including phenoxy) is 1. The van der Waals surface area contributed by atoms with Crippen LogP contribution in [0.3, 0.4) is 0 Å². The lowest BCUT2D eigenvalue weighted by Crippen LogP contribution is -2.43. The molecule has 0 bridgehead atoms. The van der Waals surface area contributed by atoms with Crippen LogP contribution < -0.4 is 15.0 Å². The second kappa shape index (κ2) is 4.40. The normalized spacial score (nSPS) is 14.8. The Labute approximate surface area is 101 Å². The fourth-order valence-electron chi connectivity index (χ4n) is 1.74. The summed E-state index contributed by atoms with van der Waals surface area (Å²) in [6.45, 7) is 0.472. The van der Waals surface area contributed by atoms with Crippen LogP contribution in [0.5, 0.6) is 5.75 Å². The standard InChI is InChI=1S/C11H11F3N2O2/c1-15-10(17)16-4-5-18-9-3-2-7(6-8(9)16)11(12,13)14/h2-3,6H,4-5H2,1H3,(H,15,17). The Morgan fingerprint density at radius 1 is 1.44 bits per heavy atom. The number of urea groups is 1. The fraction of sp³-hybridized carbons (Fsp3) is 0.364. The molecule has 0 saturated heterocycles. The molecular formula is C11H11F3N2O2. The number of carbonyl (C=O) groups excluding carboxylic acids is 1. The van der Waals surface area contributed by atoms with E-state index in [1.165, 1.54) is 18.0 Å². The van der Waals surface area contributed by atoms with Crippen LogP contribution in [0.4, 0.5) is 23.7 Å². The van der Waals surface area contributed by atoms with Crippen LogP contribution in [-0.4, -0.2) is 26.2 Å². The van der Waals surface area contributed by atoms with Gasteiger partial charge in [-0.05, 0) is 18.2 Å². The van der Waals surface area contributed by atoms with Gasteiger partial charge in [-0.1, -0.05) is 0 Å². The molecule has 1 aromatic rings. The van der Waals surface area contributed by atoms with E-state index in [1.807, 2.05) is 0 Å². The first kappa shape index (κ1) is 12.5. The van der Waals surface area contributed by atoms with Crippen LogP contribution in [0.2, 0.25) is 0 Å². The fourth-order valence-corrected chi connectivity index (χ4v) is 1.74. The maximum absolute atomic E-state index is 12.6. The number of fused-ring (bicyclic) bond motifs is 1. The molecule has 1 heterocycles. The first-order chi connectivity index (χ1) is 8.43. The summed E-state index contributed by atoms with van der Waals surface area (Å²) in [4.78, 5) is 12.8. The number of rotatable bonds is 0. The zero-order valence-electron chi connectivity index (χ0n) is 9.54. The van der Waals surface area contributed by atoms with Gasteiger partial charge in [0.2, 0.25) is 0 Å². The average molecular weight is 260 g/mol. The molecule has 7 heteroatoms. The minimum atomic E-state index is -4.44. The number of benzene rings is 1. The Kier molecular flexibility index (Phi) is 3.06. The summed E-state index contributed by atoms with van der Waals surface area (Å²) in [5.74, 6) is 0.276. The van der Waals surface area contributed by atoms with Gasteiger partial charge in [-0.25, -0.2) is 4.79 Å². The molecule has 0 aromatic heterocycles. The van der Waals surface area contributed by atoms with Crippen LogP contribution in [0, 0.1) is 0 Å². The van der Waals surface area contributed by atoms with Crippen molar-refractivity contribution < 1.29 is 22.7 Å². The van der Waals surface area contributed by atoms with E-state index in [2.05, 4.69) is 5.32 Å². The number of hydrogen-bond acceptors (Lipinski definition) is 2. The maximum Gasteiger partial charge on any atom is 0.416 e. The van der Waals surface area contributed by atoms with Crippen LogP contribution in [0.25, 0.3) is 0 Å². The van der Waals surface area contributed by atoms with Crippen LogP contribution >= 0.6 is 0 Å². The summed E-state index contributed by atoms with van der Waals surface area (Å²) in [5, 5.41) is 2.38. The number of halogens is 3. The minimum Gasteiger partial charge on any atom is -0.490 e. The van der Waals surface area contributed by atoms with Crippen molar-refractivity contribution in [3.63, 3.8) is 0 Å². The van der Waals surface area contributed by atoms with E-state index in [9.17, 15) is 18.0 Å². The molecular weight excluding hydrogens is 249 g/mol. The molecule has 0 unspecified atom stereocenters. The van der Waals surface area contributed by atoms with Crippen molar-refractivity contribution in [1.29, 1.82) is 0 Å². The predicted octanol–water partition coefficient (Wildman–Crippen LogP) is 2.24. The SMILES string of the molecule is CNC(=O)N1CCOc2ccc(C(F)(F)F)cc21. The van der Waals surface area contributed by atoms with Crippen LogP contribution in [-0.2, 0) is 6.18 Å². The van der Waals surface area contributed by atoms with Crippen molar-refractivity contribution in [3.05, 3.63) is 23.8 Å². The van der Waals surface area contributed by atoms with Gasteiger partial charge in [0.15, 0.2) is 0 Å². The lowest BCUT2D eigenvalue weighted by Gasteiger charge is -2.29. The second-order valence-electron chi connectivity index (χ2n) is 3.74. The third kappa shape index (κ3) is 2.20. The number of alkyl halides is 3. The summed E-state index contributed by atoms with van der Waals surface area (Å²) in [7, 11) is 1.42. The molecule has 4 nitrogen and oxygen atoms in total. The number of carbonyl (C=O) groups is 1. The van der Waals surface area contributed by atoms with Crippen molar-refractivity contribution in [2.24, 2.45) is 0 Å². The highest BCUT2D eigenvalue weighted by molar-refractivity contribution is 5.94. The van der Waals surface area contributed by atoms with Crippen molar-refractivity contribution in [2.75, 3.05) is 25.1 Å². The molecule has 1 N–H and O–H groups in total. The quantitative estimate of drug-likeness (QED) is 0.777. The monoisotopic (exact) mass is 260 g/mol. The first-order valence-electron chi connectivity index (χ1n) is 5.27. The van der Waals surface area contributed by atoms with Gasteiger partial charge in [-0.2, -0.15) is 13.2 Å². The van der Waals surface area contributed by atoms with E-state index in [0.717, 1.165) is 12.1 Å². The Bertz CT molecular complexity index is 474. The van der Waals surface area contributed by atoms with Crippen molar-refractivity contribution in [2.45, 2.75) is 6.18 Å². The number of anilines is 1. The van der Waals surface area contributed by atoms with Gasteiger partial charge < -0.3 is 10.1 Å². The van der Waals surface area contributed by atoms with Gasteiger partial charge in [-0.3, -0.25) is 4.90 Å². The summed E-state index contributed by atoms with van der Waals surface area (Å²) >= 11 is 0. The third-order valence-electron chi connectivity index (χ3n) is 2.61. The average Bonchev–Trinajstić information content (AvgIpc) is 2.35. The smallest absolute Gasteiger partial charge is 0.416 e. The van der Waals surface area contributed by atoms with E-state index >= 15 is 0 Å². The number of nitrogens with one attached hydrogen (secondary N) is 1. The van der Waals surface area contributed by atoms with Gasteiger partial charge in [0.25, 0.3) is 0 Å². The molecule has 98 valence electrons. The molecule has 2 amide bonds. The number of nitrogens with zero attached hydrogens (tertiary/aromatic N) is 1. The maximum atomic E-state index is 12.6. The molecule has 0 fully saturated rings. The van der Waals surface area contributed by atoms with Gasteiger partial charge in [0.1, 0.15) is 12.4 Å². The van der Waals surface area contributed by atoms with E-state index < -0.39 is 17.8 Å². The lowest BCUT2D eigenvalue weighted by molar-refractivity contribution is -0.137. The third-order valence-corrected chi connectivity index (χ3v) is 2.61. The number of amides is 2. The topological polar surface area (TPSA) is 41.6 Å². The second-order valence-corrected chi connectivity index (χ2v) is 3.74. The van der Waals surface area contributed by atoms with Crippen molar-refractivity contribution >= 4 is 11.7 Å². The molecule has 0 saturated carbocycles. The summed E-state index contributed by atoms with van der Waals surface area (Å²) in [6.07, 6.45) is -4.44. The molecule has 0 aliphatic carbocycles. The van der Waals surface area contributed by atoms with Crippen molar-refractivity contribution in [1.82, 2.24) is 5.32 Å². The van der Waals surface area contributed by atoms with Gasteiger partial charge >= 0.3 is 12.2 Å². The Morgan fingerprint density at radius 2 is 2.17 bits per heavy atom. The van der Waals surface area contributed by atoms with Crippen LogP contribution in [0.15, 0.2) is 18.2 Å². The van der Waals surface area contributed by atoms with E-state index in [-0.39, 0.29) is 24.6 Å². The zero-order chi connectivity index (χ0) is 13.3. The Morgan fingerprint density at radius 3 is 2.78 bits per heavy atom. The van der Waals surface area contributed by atoms with E-state index in [0.29, 0.717) is 0 Å². The van der Waals surface area contributed by atoms with Gasteiger partial charge in [0.05, 0.1) is 17.8 Å². The largest absolute Gasteiger partial charge is 0.490 e. The van der Waals surface area contributed by atoms with Gasteiger partial charge in [0, 0.05) is 7.05 Å². The molecule has 18 heavy (non-hydrogen) atoms. The molecule has 2 rings (SSSR count). The van der Waals surface area contributed by atoms with Crippen molar-refractivity contribution in [3.8, 4) is 5.75 Å². The van der Waals surface area contributed by atoms with Crippen LogP contribution in [0.1, 0.15) is 5.56 Å². The molecule has 0 radical (unpaired) electrons. The highest BCUT2D eigenvalue weighted by Crippen LogP contribution is 2.38. The molecule has 1 aliphatic heterocycles. The van der Waals surface area contributed by atoms with Gasteiger partial charge in [-0.15, -0.1) is 0 Å². The highest BCUT2D eigenvalue weighted by Gasteiger charge is 2.33. The highest BCUT2D eigenvalue weighted by atomic mass is 19.4. The first-order valence-corrected chi connectivity index (χ1v) is 5.27. The summed E-state index contributed by atoms with van der Waals surface area (Å²) in [6, 6.07) is 2.63. The lowest BCUT2D eigenvalue weighted by atomic mass is 10.1. The zero-order valence-corrected chi connectivity index (χ0v) is 9.54. The molecule has 0 spiro atoms. The summed E-state index contributed by atoms with van der Waals surface area (Å²) < 4.78 is 43.1. The minimum absolute atomic E-state index is 0.135. The molecule has 1 aliphatic rings. The predicted molar refractivity (Wildman–Crippen MR) is 58.7 cm³/mol. The molecule has 0 atom stereocenters. The number of hydrogen-bond donors (Lipinski definition) is 1. The Balaban J connectivity index is 2.44. The van der Waals surface area contributed by atoms with E-state index in [4.69, 9.17) is 4.74 Å². The Hall–Kier alpha value is -1.92. The molecule has 1 aromatic carbocycles. The summed E-state index contributed by atoms with van der Waals surface area (Å²) in [5.41, 5.74) is -0.670.